The third-order valence-corrected chi connectivity index (χ3v) is 11.1. The summed E-state index contributed by atoms with van der Waals surface area (Å²) in [5.41, 5.74) is 2.68. The number of benzene rings is 3. The average Bonchev–Trinajstić information content (AvgIpc) is 3.11. The summed E-state index contributed by atoms with van der Waals surface area (Å²) in [7, 11) is -4.25. The van der Waals surface area contributed by atoms with Crippen molar-refractivity contribution >= 4 is 27.0 Å². The van der Waals surface area contributed by atoms with E-state index in [2.05, 4.69) is 5.92 Å². The zero-order valence-corrected chi connectivity index (χ0v) is 28.5. The van der Waals surface area contributed by atoms with E-state index in [0.717, 1.165) is 0 Å². The van der Waals surface area contributed by atoms with E-state index in [9.17, 15) is 48.2 Å². The van der Waals surface area contributed by atoms with Crippen LogP contribution in [0.3, 0.4) is 0 Å². The maximum Gasteiger partial charge on any atom is 0.233 e. The number of halogens is 1. The standard InChI is InChI=1S/C38H40FNO10S/c1-3-27(51(48,49)21-33-36(45)37(46)35(44)32(20-41)50-33)15-9-22(2)24-12-16-28(31(43)19-24)34-29(38(47)40(34)26-7-5-4-6-8-26)17-18-30(42)23-10-13-25(39)14-11-23/h1,4-16,19,29-30,32-37,41-46H,17-18,20-21H2,2H3/b22-9+,27-15+. The van der Waals surface area contributed by atoms with Gasteiger partial charge in [0.15, 0.2) is 9.84 Å². The summed E-state index contributed by atoms with van der Waals surface area (Å²) in [5.74, 6) is 0.0197. The molecule has 2 aliphatic rings. The molecule has 8 unspecified atom stereocenters. The molecule has 51 heavy (non-hydrogen) atoms. The first-order valence-corrected chi connectivity index (χ1v) is 18.0. The predicted octanol–water partition coefficient (Wildman–Crippen LogP) is 2.93. The number of ether oxygens (including phenoxy) is 1. The van der Waals surface area contributed by atoms with Gasteiger partial charge in [-0.15, -0.1) is 6.42 Å². The van der Waals surface area contributed by atoms with Gasteiger partial charge >= 0.3 is 0 Å². The maximum atomic E-state index is 13.5. The molecule has 8 atom stereocenters. The van der Waals surface area contributed by atoms with Gasteiger partial charge in [-0.05, 0) is 72.9 Å². The van der Waals surface area contributed by atoms with Gasteiger partial charge in [0.05, 0.1) is 30.4 Å². The molecule has 2 aliphatic heterocycles. The number of rotatable bonds is 12. The minimum atomic E-state index is -4.25. The van der Waals surface area contributed by atoms with Crippen LogP contribution in [-0.4, -0.2) is 87.8 Å². The Bertz CT molecular complexity index is 1920. The molecule has 0 aliphatic carbocycles. The van der Waals surface area contributed by atoms with Gasteiger partial charge in [0.2, 0.25) is 5.91 Å². The van der Waals surface area contributed by atoms with Gasteiger partial charge in [0.1, 0.15) is 47.0 Å². The molecular weight excluding hydrogens is 681 g/mol. The maximum absolute atomic E-state index is 13.5. The normalized spacial score (nSPS) is 26.4. The third kappa shape index (κ3) is 8.08. The van der Waals surface area contributed by atoms with Crippen molar-refractivity contribution in [3.8, 4) is 18.1 Å². The molecule has 0 saturated carbocycles. The Morgan fingerprint density at radius 2 is 1.67 bits per heavy atom. The second-order valence-corrected chi connectivity index (χ2v) is 14.7. The second-order valence-electron chi connectivity index (χ2n) is 12.7. The monoisotopic (exact) mass is 721 g/mol. The number of terminal acetylenes is 1. The fourth-order valence-corrected chi connectivity index (χ4v) is 7.79. The topological polar surface area (TPSA) is 185 Å². The van der Waals surface area contributed by atoms with Crippen LogP contribution in [0.1, 0.15) is 48.6 Å². The van der Waals surface area contributed by atoms with Crippen LogP contribution in [0.5, 0.6) is 5.75 Å². The number of phenolic OH excluding ortho intramolecular Hbond substituents is 1. The van der Waals surface area contributed by atoms with Gasteiger partial charge in [0.25, 0.3) is 0 Å². The molecule has 270 valence electrons. The number of anilines is 1. The van der Waals surface area contributed by atoms with E-state index >= 15 is 0 Å². The van der Waals surface area contributed by atoms with Crippen LogP contribution in [0.25, 0.3) is 5.57 Å². The summed E-state index contributed by atoms with van der Waals surface area (Å²) in [4.78, 5) is 14.6. The number of hydrogen-bond donors (Lipinski definition) is 6. The smallest absolute Gasteiger partial charge is 0.233 e. The van der Waals surface area contributed by atoms with Crippen molar-refractivity contribution in [1.82, 2.24) is 0 Å². The van der Waals surface area contributed by atoms with E-state index in [1.807, 2.05) is 6.07 Å². The van der Waals surface area contributed by atoms with E-state index in [1.165, 1.54) is 42.5 Å². The fraction of sp³-hybridized carbons (Fsp3) is 0.342. The van der Waals surface area contributed by atoms with Crippen LogP contribution in [0.15, 0.2) is 89.9 Å². The van der Waals surface area contributed by atoms with Crippen molar-refractivity contribution in [2.75, 3.05) is 17.3 Å². The van der Waals surface area contributed by atoms with Crippen LogP contribution in [0.2, 0.25) is 0 Å². The number of aliphatic hydroxyl groups excluding tert-OH is 5. The summed E-state index contributed by atoms with van der Waals surface area (Å²) in [5, 5.41) is 61.8. The Morgan fingerprint density at radius 3 is 2.29 bits per heavy atom. The number of sulfone groups is 1. The molecule has 13 heteroatoms. The van der Waals surface area contributed by atoms with E-state index in [1.54, 1.807) is 48.2 Å². The van der Waals surface area contributed by atoms with Crippen molar-refractivity contribution in [2.45, 2.75) is 62.4 Å². The molecule has 11 nitrogen and oxygen atoms in total. The van der Waals surface area contributed by atoms with Gasteiger partial charge in [0, 0.05) is 11.3 Å². The highest BCUT2D eigenvalue weighted by Gasteiger charge is 2.49. The molecule has 0 radical (unpaired) electrons. The summed E-state index contributed by atoms with van der Waals surface area (Å²) >= 11 is 0. The van der Waals surface area contributed by atoms with Crippen molar-refractivity contribution in [2.24, 2.45) is 5.92 Å². The Kier molecular flexibility index (Phi) is 11.8. The van der Waals surface area contributed by atoms with Crippen LogP contribution in [-0.2, 0) is 19.4 Å². The van der Waals surface area contributed by atoms with E-state index < -0.39 is 81.5 Å². The number of hydrogen-bond acceptors (Lipinski definition) is 10. The molecule has 0 bridgehead atoms. The highest BCUT2D eigenvalue weighted by molar-refractivity contribution is 7.95. The summed E-state index contributed by atoms with van der Waals surface area (Å²) in [6, 6.07) is 18.8. The van der Waals surface area contributed by atoms with Crippen LogP contribution in [0.4, 0.5) is 10.1 Å². The number of β-lactam (4-membered cyclic amide) rings is 1. The largest absolute Gasteiger partial charge is 0.508 e. The lowest BCUT2D eigenvalue weighted by molar-refractivity contribution is -0.223. The van der Waals surface area contributed by atoms with Gasteiger partial charge in [-0.3, -0.25) is 4.79 Å². The number of amides is 1. The molecule has 3 aromatic rings. The molecule has 0 aromatic heterocycles. The Balaban J connectivity index is 1.36. The zero-order valence-electron chi connectivity index (χ0n) is 27.7. The lowest BCUT2D eigenvalue weighted by Crippen LogP contribution is -2.60. The summed E-state index contributed by atoms with van der Waals surface area (Å²) in [6.07, 6.45) is -0.126. The minimum absolute atomic E-state index is 0.112. The van der Waals surface area contributed by atoms with E-state index in [0.29, 0.717) is 34.4 Å². The quantitative estimate of drug-likeness (QED) is 0.0924. The third-order valence-electron chi connectivity index (χ3n) is 9.40. The SMILES string of the molecule is C#C/C(=C\C=C(/C)c1ccc(C2C(CCC(O)c3ccc(F)cc3)C(=O)N2c2ccccc2)c(O)c1)S(=O)(=O)CC1OC(CO)C(O)C(O)C1O. The Morgan fingerprint density at radius 1 is 1.00 bits per heavy atom. The molecule has 2 heterocycles. The molecule has 2 saturated heterocycles. The van der Waals surface area contributed by atoms with Gasteiger partial charge < -0.3 is 40.3 Å². The van der Waals surface area contributed by atoms with Crippen molar-refractivity contribution in [3.05, 3.63) is 112 Å². The zero-order chi connectivity index (χ0) is 37.0. The molecular formula is C38H40FNO10S. The lowest BCUT2D eigenvalue weighted by atomic mass is 9.77. The first-order valence-electron chi connectivity index (χ1n) is 16.3. The molecule has 0 spiro atoms. The highest BCUT2D eigenvalue weighted by Crippen LogP contribution is 2.48. The summed E-state index contributed by atoms with van der Waals surface area (Å²) in [6.45, 7) is 0.960. The number of allylic oxidation sites excluding steroid dienone is 4. The van der Waals surface area contributed by atoms with Gasteiger partial charge in [-0.1, -0.05) is 54.5 Å². The number of carbonyl (C=O) groups excluding carboxylic acids is 1. The van der Waals surface area contributed by atoms with Crippen LogP contribution < -0.4 is 4.90 Å². The van der Waals surface area contributed by atoms with Gasteiger partial charge in [-0.2, -0.15) is 0 Å². The molecule has 1 amide bonds. The Hall–Kier alpha value is -4.39. The average molecular weight is 722 g/mol. The fourth-order valence-electron chi connectivity index (χ4n) is 6.45. The van der Waals surface area contributed by atoms with Crippen LogP contribution >= 0.6 is 0 Å². The molecule has 3 aromatic carbocycles. The Labute approximate surface area is 295 Å². The molecule has 2 fully saturated rings. The first-order chi connectivity index (χ1) is 24.3. The molecule has 5 rings (SSSR count). The van der Waals surface area contributed by atoms with Crippen molar-refractivity contribution < 1.29 is 53.0 Å². The number of phenols is 1. The van der Waals surface area contributed by atoms with Gasteiger partial charge in [-0.25, -0.2) is 12.8 Å². The lowest BCUT2D eigenvalue weighted by Gasteiger charge is -2.48. The number of carbonyl (C=O) groups is 1. The predicted molar refractivity (Wildman–Crippen MR) is 187 cm³/mol. The molecule has 6 N–H and O–H groups in total. The second kappa shape index (κ2) is 15.9. The number of nitrogens with zero attached hydrogens (tertiary/aromatic N) is 1. The van der Waals surface area contributed by atoms with E-state index in [-0.39, 0.29) is 18.1 Å². The van der Waals surface area contributed by atoms with Crippen molar-refractivity contribution in [3.63, 3.8) is 0 Å². The summed E-state index contributed by atoms with van der Waals surface area (Å²) < 4.78 is 45.1. The first kappa shape index (κ1) is 37.9. The highest BCUT2D eigenvalue weighted by atomic mass is 32.2. The van der Waals surface area contributed by atoms with Crippen LogP contribution in [0, 0.1) is 24.1 Å². The van der Waals surface area contributed by atoms with E-state index in [4.69, 9.17) is 11.2 Å². The number of aliphatic hydroxyl groups is 5. The van der Waals surface area contributed by atoms with Crippen molar-refractivity contribution in [1.29, 1.82) is 0 Å². The minimum Gasteiger partial charge on any atom is -0.508 e. The number of aromatic hydroxyl groups is 1. The number of para-hydroxylation sites is 1.